The highest BCUT2D eigenvalue weighted by Crippen LogP contribution is 2.25. The van der Waals surface area contributed by atoms with E-state index >= 15 is 0 Å². The van der Waals surface area contributed by atoms with Crippen molar-refractivity contribution in [3.05, 3.63) is 30.0 Å². The summed E-state index contributed by atoms with van der Waals surface area (Å²) in [6.45, 7) is 4.66. The molecule has 0 unspecified atom stereocenters. The monoisotopic (exact) mass is 204 g/mol. The van der Waals surface area contributed by atoms with E-state index in [0.717, 1.165) is 22.2 Å². The molecule has 0 bridgehead atoms. The first kappa shape index (κ1) is 10.1. The van der Waals surface area contributed by atoms with E-state index in [0.29, 0.717) is 6.61 Å². The number of benzene rings is 1. The van der Waals surface area contributed by atoms with Crippen molar-refractivity contribution in [2.24, 2.45) is 0 Å². The van der Waals surface area contributed by atoms with Crippen LogP contribution in [-0.2, 0) is 11.3 Å². The van der Waals surface area contributed by atoms with E-state index < -0.39 is 0 Å². The van der Waals surface area contributed by atoms with Gasteiger partial charge in [0.1, 0.15) is 0 Å². The molecule has 3 nitrogen and oxygen atoms in total. The molecule has 0 aliphatic heterocycles. The van der Waals surface area contributed by atoms with Crippen molar-refractivity contribution in [2.75, 3.05) is 5.73 Å². The largest absolute Gasteiger partial charge is 0.398 e. The Morgan fingerprint density at radius 1 is 1.40 bits per heavy atom. The third-order valence-electron chi connectivity index (χ3n) is 2.39. The number of anilines is 1. The molecule has 1 heterocycles. The van der Waals surface area contributed by atoms with Crippen LogP contribution in [0.25, 0.3) is 10.9 Å². The minimum Gasteiger partial charge on any atom is -0.398 e. The Morgan fingerprint density at radius 2 is 2.20 bits per heavy atom. The van der Waals surface area contributed by atoms with Gasteiger partial charge >= 0.3 is 0 Å². The molecule has 1 aromatic heterocycles. The second-order valence-corrected chi connectivity index (χ2v) is 3.94. The lowest BCUT2D eigenvalue weighted by atomic mass is 10.1. The molecule has 0 saturated heterocycles. The van der Waals surface area contributed by atoms with Crippen LogP contribution in [0, 0.1) is 0 Å². The van der Waals surface area contributed by atoms with E-state index in [9.17, 15) is 0 Å². The lowest BCUT2D eigenvalue weighted by Gasteiger charge is -2.07. The van der Waals surface area contributed by atoms with Gasteiger partial charge in [-0.3, -0.25) is 0 Å². The van der Waals surface area contributed by atoms with Gasteiger partial charge in [-0.1, -0.05) is 6.07 Å². The van der Waals surface area contributed by atoms with Crippen molar-refractivity contribution < 1.29 is 4.74 Å². The van der Waals surface area contributed by atoms with Gasteiger partial charge in [-0.05, 0) is 26.0 Å². The average molecular weight is 204 g/mol. The van der Waals surface area contributed by atoms with Gasteiger partial charge < -0.3 is 15.5 Å². The van der Waals surface area contributed by atoms with E-state index in [2.05, 4.69) is 4.98 Å². The maximum absolute atomic E-state index is 5.93. The fourth-order valence-electron chi connectivity index (χ4n) is 1.66. The number of nitrogens with two attached hydrogens (primary N) is 1. The second-order valence-electron chi connectivity index (χ2n) is 3.94. The maximum atomic E-state index is 5.93. The molecule has 15 heavy (non-hydrogen) atoms. The maximum Gasteiger partial charge on any atom is 0.0741 e. The summed E-state index contributed by atoms with van der Waals surface area (Å²) < 4.78 is 5.57. The summed E-state index contributed by atoms with van der Waals surface area (Å²) >= 11 is 0. The SMILES string of the molecule is CC(C)OCc1c[nH]c2cccc(N)c12. The van der Waals surface area contributed by atoms with Gasteiger partial charge in [0.2, 0.25) is 0 Å². The number of hydrogen-bond acceptors (Lipinski definition) is 2. The van der Waals surface area contributed by atoms with E-state index in [1.54, 1.807) is 0 Å². The molecule has 2 rings (SSSR count). The third-order valence-corrected chi connectivity index (χ3v) is 2.39. The van der Waals surface area contributed by atoms with Crippen molar-refractivity contribution in [3.63, 3.8) is 0 Å². The fraction of sp³-hybridized carbons (Fsp3) is 0.333. The number of nitrogens with one attached hydrogen (secondary N) is 1. The summed E-state index contributed by atoms with van der Waals surface area (Å²) in [5, 5.41) is 1.08. The van der Waals surface area contributed by atoms with E-state index in [1.807, 2.05) is 38.2 Å². The van der Waals surface area contributed by atoms with Gasteiger partial charge in [0.15, 0.2) is 0 Å². The Balaban J connectivity index is 2.35. The first-order valence-electron chi connectivity index (χ1n) is 5.14. The predicted octanol–water partition coefficient (Wildman–Crippen LogP) is 2.68. The summed E-state index contributed by atoms with van der Waals surface area (Å²) in [7, 11) is 0. The Kier molecular flexibility index (Phi) is 2.64. The van der Waals surface area contributed by atoms with Crippen LogP contribution in [0.3, 0.4) is 0 Å². The van der Waals surface area contributed by atoms with Crippen molar-refractivity contribution >= 4 is 16.6 Å². The van der Waals surface area contributed by atoms with Gasteiger partial charge in [-0.15, -0.1) is 0 Å². The first-order valence-corrected chi connectivity index (χ1v) is 5.14. The Hall–Kier alpha value is -1.48. The smallest absolute Gasteiger partial charge is 0.0741 e. The summed E-state index contributed by atoms with van der Waals surface area (Å²) in [5.41, 5.74) is 8.92. The van der Waals surface area contributed by atoms with Crippen LogP contribution >= 0.6 is 0 Å². The number of rotatable bonds is 3. The minimum atomic E-state index is 0.236. The first-order chi connectivity index (χ1) is 7.18. The zero-order valence-corrected chi connectivity index (χ0v) is 9.08. The summed E-state index contributed by atoms with van der Waals surface area (Å²) in [5.74, 6) is 0. The number of aromatic nitrogens is 1. The predicted molar refractivity (Wildman–Crippen MR) is 62.6 cm³/mol. The van der Waals surface area contributed by atoms with Gasteiger partial charge in [0.25, 0.3) is 0 Å². The lowest BCUT2D eigenvalue weighted by molar-refractivity contribution is 0.0664. The Bertz CT molecular complexity index is 460. The number of nitrogen functional groups attached to an aromatic ring is 1. The standard InChI is InChI=1S/C12H16N2O/c1-8(2)15-7-9-6-14-11-5-3-4-10(13)12(9)11/h3-6,8,14H,7,13H2,1-2H3. The summed E-state index contributed by atoms with van der Waals surface area (Å²) in [6, 6.07) is 5.88. The average Bonchev–Trinajstić information content (AvgIpc) is 2.59. The molecule has 0 amide bonds. The van der Waals surface area contributed by atoms with Gasteiger partial charge in [0, 0.05) is 28.4 Å². The van der Waals surface area contributed by atoms with Crippen LogP contribution in [0.4, 0.5) is 5.69 Å². The van der Waals surface area contributed by atoms with Crippen LogP contribution in [0.15, 0.2) is 24.4 Å². The van der Waals surface area contributed by atoms with E-state index in [4.69, 9.17) is 10.5 Å². The highest BCUT2D eigenvalue weighted by molar-refractivity contribution is 5.93. The molecule has 0 saturated carbocycles. The molecule has 1 aromatic carbocycles. The lowest BCUT2D eigenvalue weighted by Crippen LogP contribution is -2.02. The van der Waals surface area contributed by atoms with Crippen molar-refractivity contribution in [3.8, 4) is 0 Å². The molecule has 0 atom stereocenters. The number of fused-ring (bicyclic) bond motifs is 1. The van der Waals surface area contributed by atoms with Gasteiger partial charge in [-0.2, -0.15) is 0 Å². The Morgan fingerprint density at radius 3 is 2.93 bits per heavy atom. The third kappa shape index (κ3) is 1.97. The molecule has 2 aromatic rings. The van der Waals surface area contributed by atoms with Crippen LogP contribution < -0.4 is 5.73 Å². The van der Waals surface area contributed by atoms with E-state index in [-0.39, 0.29) is 6.10 Å². The highest BCUT2D eigenvalue weighted by Gasteiger charge is 2.06. The zero-order valence-electron chi connectivity index (χ0n) is 9.08. The molecular weight excluding hydrogens is 188 g/mol. The van der Waals surface area contributed by atoms with Crippen LogP contribution in [-0.4, -0.2) is 11.1 Å². The molecule has 0 spiro atoms. The van der Waals surface area contributed by atoms with Crippen molar-refractivity contribution in [2.45, 2.75) is 26.6 Å². The summed E-state index contributed by atoms with van der Waals surface area (Å²) in [4.78, 5) is 3.19. The highest BCUT2D eigenvalue weighted by atomic mass is 16.5. The molecule has 3 N–H and O–H groups in total. The van der Waals surface area contributed by atoms with Crippen LogP contribution in [0.2, 0.25) is 0 Å². The molecule has 0 radical (unpaired) electrons. The normalized spacial score (nSPS) is 11.4. The van der Waals surface area contributed by atoms with E-state index in [1.165, 1.54) is 0 Å². The van der Waals surface area contributed by atoms with Crippen molar-refractivity contribution in [1.82, 2.24) is 4.98 Å². The topological polar surface area (TPSA) is 51.0 Å². The summed E-state index contributed by atoms with van der Waals surface area (Å²) in [6.07, 6.45) is 2.20. The van der Waals surface area contributed by atoms with Crippen molar-refractivity contribution in [1.29, 1.82) is 0 Å². The van der Waals surface area contributed by atoms with Gasteiger partial charge in [0.05, 0.1) is 12.7 Å². The number of ether oxygens (including phenoxy) is 1. The Labute approximate surface area is 89.2 Å². The molecular formula is C12H16N2O. The number of aromatic amines is 1. The number of H-pyrrole nitrogens is 1. The molecule has 0 aliphatic rings. The molecule has 0 aliphatic carbocycles. The quantitative estimate of drug-likeness (QED) is 0.755. The van der Waals surface area contributed by atoms with Gasteiger partial charge in [-0.25, -0.2) is 0 Å². The van der Waals surface area contributed by atoms with Crippen LogP contribution in [0.5, 0.6) is 0 Å². The van der Waals surface area contributed by atoms with Crippen LogP contribution in [0.1, 0.15) is 19.4 Å². The zero-order chi connectivity index (χ0) is 10.8. The second kappa shape index (κ2) is 3.95. The molecule has 80 valence electrons. The fourth-order valence-corrected chi connectivity index (χ4v) is 1.66. The minimum absolute atomic E-state index is 0.236. The molecule has 0 fully saturated rings. The molecule has 3 heteroatoms. The number of hydrogen-bond donors (Lipinski definition) is 2.